The molecule has 158 valence electrons. The van der Waals surface area contributed by atoms with Crippen molar-refractivity contribution in [3.63, 3.8) is 0 Å². The maximum atomic E-state index is 12.7. The SMILES string of the molecule is C=C(C#N)c1cccc(C(=O)Nc2cnc(C)c(-n3cc(-c4cncc(C#N)c4)nn3)c2)c1. The molecule has 4 rings (SSSR count). The molecule has 0 aliphatic carbocycles. The fourth-order valence-electron chi connectivity index (χ4n) is 3.09. The Morgan fingerprint density at radius 1 is 1.12 bits per heavy atom. The molecule has 1 aromatic carbocycles. The molecule has 0 atom stereocenters. The van der Waals surface area contributed by atoms with E-state index in [1.807, 2.05) is 19.1 Å². The Labute approximate surface area is 189 Å². The highest BCUT2D eigenvalue weighted by atomic mass is 16.1. The lowest BCUT2D eigenvalue weighted by atomic mass is 10.1. The highest BCUT2D eigenvalue weighted by molar-refractivity contribution is 6.04. The molecule has 9 heteroatoms. The lowest BCUT2D eigenvalue weighted by Gasteiger charge is -2.10. The molecule has 3 aromatic heterocycles. The number of hydrogen-bond acceptors (Lipinski definition) is 7. The quantitative estimate of drug-likeness (QED) is 0.475. The van der Waals surface area contributed by atoms with E-state index in [0.29, 0.717) is 45.0 Å². The van der Waals surface area contributed by atoms with Gasteiger partial charge in [0.25, 0.3) is 5.91 Å². The van der Waals surface area contributed by atoms with Crippen molar-refractivity contribution in [2.75, 3.05) is 5.32 Å². The molecule has 0 aliphatic rings. The molecule has 0 unspecified atom stereocenters. The summed E-state index contributed by atoms with van der Waals surface area (Å²) in [6.07, 6.45) is 6.32. The van der Waals surface area contributed by atoms with Crippen molar-refractivity contribution < 1.29 is 4.79 Å². The summed E-state index contributed by atoms with van der Waals surface area (Å²) in [5.41, 5.74) is 4.65. The number of nitrogens with one attached hydrogen (secondary N) is 1. The van der Waals surface area contributed by atoms with Crippen LogP contribution in [0, 0.1) is 29.6 Å². The molecule has 0 spiro atoms. The van der Waals surface area contributed by atoms with Crippen LogP contribution < -0.4 is 5.32 Å². The van der Waals surface area contributed by atoms with Gasteiger partial charge in [-0.1, -0.05) is 23.9 Å². The Morgan fingerprint density at radius 3 is 2.73 bits per heavy atom. The van der Waals surface area contributed by atoms with Gasteiger partial charge in [-0.15, -0.1) is 5.10 Å². The molecule has 33 heavy (non-hydrogen) atoms. The van der Waals surface area contributed by atoms with Crippen LogP contribution in [0.25, 0.3) is 22.5 Å². The molecule has 0 fully saturated rings. The van der Waals surface area contributed by atoms with Crippen LogP contribution in [0.15, 0.2) is 67.8 Å². The normalized spacial score (nSPS) is 10.2. The van der Waals surface area contributed by atoms with Gasteiger partial charge < -0.3 is 5.32 Å². The second-order valence-corrected chi connectivity index (χ2v) is 7.08. The van der Waals surface area contributed by atoms with Crippen molar-refractivity contribution >= 4 is 17.2 Å². The first-order chi connectivity index (χ1) is 16.0. The van der Waals surface area contributed by atoms with Crippen molar-refractivity contribution in [2.45, 2.75) is 6.92 Å². The molecule has 1 N–H and O–H groups in total. The van der Waals surface area contributed by atoms with Gasteiger partial charge in [0.1, 0.15) is 11.8 Å². The summed E-state index contributed by atoms with van der Waals surface area (Å²) in [5, 5.41) is 29.2. The van der Waals surface area contributed by atoms with E-state index in [9.17, 15) is 4.79 Å². The molecular formula is C24H16N8O. The van der Waals surface area contributed by atoms with Crippen LogP contribution in [0.5, 0.6) is 0 Å². The average Bonchev–Trinajstić information content (AvgIpc) is 3.35. The number of hydrogen-bond donors (Lipinski definition) is 1. The Kier molecular flexibility index (Phi) is 5.70. The van der Waals surface area contributed by atoms with Crippen LogP contribution in [-0.4, -0.2) is 30.9 Å². The number of amides is 1. The summed E-state index contributed by atoms with van der Waals surface area (Å²) in [6.45, 7) is 5.49. The molecule has 0 saturated heterocycles. The summed E-state index contributed by atoms with van der Waals surface area (Å²) >= 11 is 0. The van der Waals surface area contributed by atoms with Gasteiger partial charge in [0.2, 0.25) is 0 Å². The lowest BCUT2D eigenvalue weighted by molar-refractivity contribution is 0.102. The largest absolute Gasteiger partial charge is 0.321 e. The molecule has 1 amide bonds. The van der Waals surface area contributed by atoms with E-state index in [1.54, 1.807) is 59.7 Å². The fraction of sp³-hybridized carbons (Fsp3) is 0.0417. The van der Waals surface area contributed by atoms with Gasteiger partial charge in [0, 0.05) is 23.5 Å². The van der Waals surface area contributed by atoms with Crippen LogP contribution in [-0.2, 0) is 0 Å². The molecule has 0 aliphatic heterocycles. The van der Waals surface area contributed by atoms with E-state index in [-0.39, 0.29) is 11.5 Å². The van der Waals surface area contributed by atoms with Gasteiger partial charge in [-0.25, -0.2) is 4.68 Å². The predicted octanol–water partition coefficient (Wildman–Crippen LogP) is 3.69. The highest BCUT2D eigenvalue weighted by Gasteiger charge is 2.13. The number of nitriles is 2. The minimum Gasteiger partial charge on any atom is -0.321 e. The zero-order valence-corrected chi connectivity index (χ0v) is 17.5. The summed E-state index contributed by atoms with van der Waals surface area (Å²) in [4.78, 5) is 21.1. The number of anilines is 1. The van der Waals surface area contributed by atoms with Crippen molar-refractivity contribution in [3.05, 3.63) is 90.1 Å². The van der Waals surface area contributed by atoms with Gasteiger partial charge in [0.05, 0.1) is 46.7 Å². The van der Waals surface area contributed by atoms with Crippen LogP contribution in [0.1, 0.15) is 27.2 Å². The average molecular weight is 432 g/mol. The van der Waals surface area contributed by atoms with Gasteiger partial charge in [0.15, 0.2) is 0 Å². The summed E-state index contributed by atoms with van der Waals surface area (Å²) < 4.78 is 1.55. The highest BCUT2D eigenvalue weighted by Crippen LogP contribution is 2.21. The molecular weight excluding hydrogens is 416 g/mol. The number of aryl methyl sites for hydroxylation is 1. The van der Waals surface area contributed by atoms with Crippen LogP contribution in [0.4, 0.5) is 5.69 Å². The molecule has 4 aromatic rings. The predicted molar refractivity (Wildman–Crippen MR) is 121 cm³/mol. The third-order valence-corrected chi connectivity index (χ3v) is 4.83. The maximum absolute atomic E-state index is 12.7. The molecule has 0 radical (unpaired) electrons. The van der Waals surface area contributed by atoms with Gasteiger partial charge in [-0.2, -0.15) is 10.5 Å². The molecule has 0 saturated carbocycles. The number of carbonyl (C=O) groups excluding carboxylic acids is 1. The van der Waals surface area contributed by atoms with Crippen molar-refractivity contribution in [2.24, 2.45) is 0 Å². The Balaban J connectivity index is 1.60. The summed E-state index contributed by atoms with van der Waals surface area (Å²) in [6, 6.07) is 14.1. The zero-order chi connectivity index (χ0) is 23.4. The van der Waals surface area contributed by atoms with Crippen LogP contribution in [0.3, 0.4) is 0 Å². The van der Waals surface area contributed by atoms with Crippen molar-refractivity contribution in [1.82, 2.24) is 25.0 Å². The first-order valence-corrected chi connectivity index (χ1v) is 9.74. The smallest absolute Gasteiger partial charge is 0.255 e. The van der Waals surface area contributed by atoms with Gasteiger partial charge in [-0.3, -0.25) is 14.8 Å². The van der Waals surface area contributed by atoms with E-state index < -0.39 is 0 Å². The Bertz CT molecular complexity index is 1470. The summed E-state index contributed by atoms with van der Waals surface area (Å²) in [5.74, 6) is -0.349. The zero-order valence-electron chi connectivity index (χ0n) is 17.5. The number of aromatic nitrogens is 5. The first kappa shape index (κ1) is 21.1. The van der Waals surface area contributed by atoms with Crippen LogP contribution >= 0.6 is 0 Å². The lowest BCUT2D eigenvalue weighted by Crippen LogP contribution is -2.13. The number of nitrogens with zero attached hydrogens (tertiary/aromatic N) is 7. The number of allylic oxidation sites excluding steroid dienone is 1. The van der Waals surface area contributed by atoms with Gasteiger partial charge >= 0.3 is 0 Å². The third-order valence-electron chi connectivity index (χ3n) is 4.83. The fourth-order valence-corrected chi connectivity index (χ4v) is 3.09. The second kappa shape index (κ2) is 8.92. The van der Waals surface area contributed by atoms with E-state index in [2.05, 4.69) is 32.2 Å². The van der Waals surface area contributed by atoms with E-state index in [4.69, 9.17) is 10.5 Å². The monoisotopic (exact) mass is 432 g/mol. The number of carbonyl (C=O) groups is 1. The molecule has 9 nitrogen and oxygen atoms in total. The minimum atomic E-state index is -0.349. The standard InChI is InChI=1S/C24H16N8O/c1-15(9-25)18-4-3-5-19(7-18)24(33)29-21-8-23(16(2)28-13-21)32-14-22(30-31-32)20-6-17(10-26)11-27-12-20/h3-8,11-14H,1H2,2H3,(H,29,33). The van der Waals surface area contributed by atoms with Crippen molar-refractivity contribution in [1.29, 1.82) is 10.5 Å². The Hall–Kier alpha value is -5.15. The second-order valence-electron chi connectivity index (χ2n) is 7.08. The topological polar surface area (TPSA) is 133 Å². The number of benzene rings is 1. The molecule has 3 heterocycles. The van der Waals surface area contributed by atoms with E-state index in [0.717, 1.165) is 0 Å². The number of rotatable bonds is 5. The third kappa shape index (κ3) is 4.48. The summed E-state index contributed by atoms with van der Waals surface area (Å²) in [7, 11) is 0. The number of pyridine rings is 2. The van der Waals surface area contributed by atoms with Gasteiger partial charge in [-0.05, 0) is 36.8 Å². The Morgan fingerprint density at radius 2 is 1.94 bits per heavy atom. The van der Waals surface area contributed by atoms with Crippen LogP contribution in [0.2, 0.25) is 0 Å². The maximum Gasteiger partial charge on any atom is 0.255 e. The molecule has 0 bridgehead atoms. The first-order valence-electron chi connectivity index (χ1n) is 9.74. The minimum absolute atomic E-state index is 0.279. The van der Waals surface area contributed by atoms with Crippen molar-refractivity contribution in [3.8, 4) is 29.1 Å². The van der Waals surface area contributed by atoms with E-state index in [1.165, 1.54) is 6.20 Å². The van der Waals surface area contributed by atoms with E-state index >= 15 is 0 Å².